The lowest BCUT2D eigenvalue weighted by Gasteiger charge is -2.06. The summed E-state index contributed by atoms with van der Waals surface area (Å²) in [7, 11) is 0. The number of pyridine rings is 1. The maximum atomic E-state index is 14.5. The first-order valence-electron chi connectivity index (χ1n) is 7.85. The third-order valence-corrected chi connectivity index (χ3v) is 4.24. The van der Waals surface area contributed by atoms with Crippen molar-refractivity contribution in [1.29, 1.82) is 0 Å². The fraction of sp³-hybridized carbons (Fsp3) is 0. The minimum absolute atomic E-state index is 0.00312. The van der Waals surface area contributed by atoms with E-state index < -0.39 is 17.5 Å². The van der Waals surface area contributed by atoms with Gasteiger partial charge in [0.15, 0.2) is 5.76 Å². The van der Waals surface area contributed by atoms with Gasteiger partial charge in [0, 0.05) is 34.6 Å². The van der Waals surface area contributed by atoms with E-state index in [1.165, 1.54) is 24.4 Å². The van der Waals surface area contributed by atoms with E-state index in [2.05, 4.69) is 10.1 Å². The van der Waals surface area contributed by atoms with E-state index in [0.29, 0.717) is 11.1 Å². The van der Waals surface area contributed by atoms with Gasteiger partial charge >= 0.3 is 0 Å². The Hall–Kier alpha value is -3.12. The molecule has 2 aromatic carbocycles. The molecule has 0 N–H and O–H groups in total. The van der Waals surface area contributed by atoms with Crippen LogP contribution >= 0.6 is 11.6 Å². The molecule has 0 saturated carbocycles. The first-order valence-corrected chi connectivity index (χ1v) is 8.23. The standard InChI is InChI=1S/C20H10ClF3N2O/c21-12-3-5-14(16(23)8-12)19-18(11-2-1-7-25-10-11)20(27-26-19)15-6-4-13(22)9-17(15)24/h1-10H. The van der Waals surface area contributed by atoms with Gasteiger partial charge in [0.1, 0.15) is 23.1 Å². The lowest BCUT2D eigenvalue weighted by atomic mass is 9.97. The summed E-state index contributed by atoms with van der Waals surface area (Å²) in [5.74, 6) is -2.10. The minimum Gasteiger partial charge on any atom is -0.355 e. The topological polar surface area (TPSA) is 38.9 Å². The van der Waals surface area contributed by atoms with E-state index in [1.54, 1.807) is 18.3 Å². The highest BCUT2D eigenvalue weighted by molar-refractivity contribution is 6.30. The summed E-state index contributed by atoms with van der Waals surface area (Å²) in [6.07, 6.45) is 3.09. The average Bonchev–Trinajstić information content (AvgIpc) is 3.07. The number of nitrogens with zero attached hydrogens (tertiary/aromatic N) is 2. The Bertz CT molecular complexity index is 1060. The van der Waals surface area contributed by atoms with Gasteiger partial charge in [-0.25, -0.2) is 13.2 Å². The van der Waals surface area contributed by atoms with Gasteiger partial charge in [0.2, 0.25) is 0 Å². The zero-order chi connectivity index (χ0) is 19.0. The zero-order valence-corrected chi connectivity index (χ0v) is 14.3. The third-order valence-electron chi connectivity index (χ3n) is 4.00. The highest BCUT2D eigenvalue weighted by Crippen LogP contribution is 2.41. The normalized spacial score (nSPS) is 11.0. The first-order chi connectivity index (χ1) is 13.0. The second kappa shape index (κ2) is 6.89. The van der Waals surface area contributed by atoms with Crippen molar-refractivity contribution >= 4 is 11.6 Å². The average molecular weight is 387 g/mol. The summed E-state index contributed by atoms with van der Waals surface area (Å²) in [6, 6.07) is 10.6. The van der Waals surface area contributed by atoms with E-state index in [4.69, 9.17) is 16.1 Å². The van der Waals surface area contributed by atoms with Crippen LogP contribution in [-0.2, 0) is 0 Å². The van der Waals surface area contributed by atoms with Crippen LogP contribution in [0, 0.1) is 17.5 Å². The summed E-state index contributed by atoms with van der Waals surface area (Å²) in [5.41, 5.74) is 1.19. The molecule has 0 aliphatic rings. The quantitative estimate of drug-likeness (QED) is 0.424. The van der Waals surface area contributed by atoms with Crippen molar-refractivity contribution in [2.24, 2.45) is 0 Å². The fourth-order valence-electron chi connectivity index (χ4n) is 2.79. The molecule has 0 radical (unpaired) electrons. The van der Waals surface area contributed by atoms with E-state index in [-0.39, 0.29) is 27.6 Å². The molecule has 7 heteroatoms. The molecule has 0 aliphatic carbocycles. The molecule has 2 aromatic heterocycles. The molecule has 0 bridgehead atoms. The number of rotatable bonds is 3. The molecule has 2 heterocycles. The van der Waals surface area contributed by atoms with Gasteiger partial charge in [-0.2, -0.15) is 0 Å². The molecular formula is C20H10ClF3N2O. The van der Waals surface area contributed by atoms with E-state index in [0.717, 1.165) is 18.2 Å². The van der Waals surface area contributed by atoms with Crippen molar-refractivity contribution in [2.45, 2.75) is 0 Å². The molecule has 0 unspecified atom stereocenters. The van der Waals surface area contributed by atoms with Gasteiger partial charge in [0.05, 0.1) is 11.1 Å². The predicted molar refractivity (Wildman–Crippen MR) is 95.5 cm³/mol. The lowest BCUT2D eigenvalue weighted by Crippen LogP contribution is -1.91. The van der Waals surface area contributed by atoms with Crippen LogP contribution < -0.4 is 0 Å². The first kappa shape index (κ1) is 17.3. The van der Waals surface area contributed by atoms with Crippen LogP contribution in [0.25, 0.3) is 33.7 Å². The van der Waals surface area contributed by atoms with Crippen molar-refractivity contribution in [3.05, 3.63) is 83.4 Å². The molecule has 0 fully saturated rings. The van der Waals surface area contributed by atoms with Crippen molar-refractivity contribution < 1.29 is 17.7 Å². The fourth-order valence-corrected chi connectivity index (χ4v) is 2.95. The zero-order valence-electron chi connectivity index (χ0n) is 13.6. The lowest BCUT2D eigenvalue weighted by molar-refractivity contribution is 0.432. The van der Waals surface area contributed by atoms with Gasteiger partial charge < -0.3 is 4.52 Å². The van der Waals surface area contributed by atoms with Crippen LogP contribution in [0.1, 0.15) is 0 Å². The van der Waals surface area contributed by atoms with Crippen LogP contribution in [0.15, 0.2) is 65.4 Å². The van der Waals surface area contributed by atoms with Crippen molar-refractivity contribution in [3.8, 4) is 33.7 Å². The highest BCUT2D eigenvalue weighted by Gasteiger charge is 2.24. The van der Waals surface area contributed by atoms with Gasteiger partial charge in [-0.1, -0.05) is 22.8 Å². The van der Waals surface area contributed by atoms with Crippen LogP contribution in [-0.4, -0.2) is 10.1 Å². The van der Waals surface area contributed by atoms with Crippen molar-refractivity contribution in [2.75, 3.05) is 0 Å². The van der Waals surface area contributed by atoms with Gasteiger partial charge in [-0.3, -0.25) is 4.98 Å². The summed E-state index contributed by atoms with van der Waals surface area (Å²) in [5, 5.41) is 4.18. The molecule has 3 nitrogen and oxygen atoms in total. The van der Waals surface area contributed by atoms with Crippen LogP contribution in [0.4, 0.5) is 13.2 Å². The predicted octanol–water partition coefficient (Wildman–Crippen LogP) is 6.14. The Morgan fingerprint density at radius 3 is 2.37 bits per heavy atom. The number of benzene rings is 2. The smallest absolute Gasteiger partial charge is 0.178 e. The Morgan fingerprint density at radius 2 is 1.67 bits per heavy atom. The maximum absolute atomic E-state index is 14.5. The van der Waals surface area contributed by atoms with Gasteiger partial charge in [0.25, 0.3) is 0 Å². The summed E-state index contributed by atoms with van der Waals surface area (Å²) >= 11 is 5.82. The molecule has 0 amide bonds. The monoisotopic (exact) mass is 386 g/mol. The molecule has 0 atom stereocenters. The Morgan fingerprint density at radius 1 is 0.889 bits per heavy atom. The maximum Gasteiger partial charge on any atom is 0.178 e. The number of halogens is 4. The molecule has 0 spiro atoms. The Labute approximate surface area is 157 Å². The summed E-state index contributed by atoms with van der Waals surface area (Å²) in [6.45, 7) is 0. The second-order valence-electron chi connectivity index (χ2n) is 5.73. The number of aromatic nitrogens is 2. The van der Waals surface area contributed by atoms with Crippen LogP contribution in [0.5, 0.6) is 0 Å². The van der Waals surface area contributed by atoms with Gasteiger partial charge in [-0.15, -0.1) is 0 Å². The molecular weight excluding hydrogens is 377 g/mol. The Balaban J connectivity index is 2.00. The highest BCUT2D eigenvalue weighted by atomic mass is 35.5. The largest absolute Gasteiger partial charge is 0.355 e. The Kier molecular flexibility index (Phi) is 4.41. The molecule has 4 rings (SSSR count). The van der Waals surface area contributed by atoms with E-state index in [9.17, 15) is 13.2 Å². The molecule has 27 heavy (non-hydrogen) atoms. The van der Waals surface area contributed by atoms with Crippen molar-refractivity contribution in [3.63, 3.8) is 0 Å². The van der Waals surface area contributed by atoms with E-state index >= 15 is 0 Å². The van der Waals surface area contributed by atoms with E-state index in [1.807, 2.05) is 0 Å². The van der Waals surface area contributed by atoms with Crippen LogP contribution in [0.2, 0.25) is 5.02 Å². The molecule has 4 aromatic rings. The molecule has 0 saturated heterocycles. The molecule has 0 aliphatic heterocycles. The summed E-state index contributed by atoms with van der Waals surface area (Å²) < 4.78 is 47.5. The second-order valence-corrected chi connectivity index (χ2v) is 6.16. The number of hydrogen-bond acceptors (Lipinski definition) is 3. The minimum atomic E-state index is -0.820. The van der Waals surface area contributed by atoms with Gasteiger partial charge in [-0.05, 0) is 36.4 Å². The number of hydrogen-bond donors (Lipinski definition) is 0. The van der Waals surface area contributed by atoms with Crippen molar-refractivity contribution in [1.82, 2.24) is 10.1 Å². The molecule has 134 valence electrons. The SMILES string of the molecule is Fc1ccc(-c2onc(-c3ccc(Cl)cc3F)c2-c2cccnc2)c(F)c1. The van der Waals surface area contributed by atoms with Crippen LogP contribution in [0.3, 0.4) is 0 Å². The summed E-state index contributed by atoms with van der Waals surface area (Å²) in [4.78, 5) is 4.05. The third kappa shape index (κ3) is 3.19.